The highest BCUT2D eigenvalue weighted by Gasteiger charge is 2.47. The summed E-state index contributed by atoms with van der Waals surface area (Å²) in [5, 5.41) is 11.7. The molecule has 180 valence electrons. The zero-order valence-electron chi connectivity index (χ0n) is 19.7. The van der Waals surface area contributed by atoms with Gasteiger partial charge in [-0.1, -0.05) is 29.3 Å². The molecule has 1 aliphatic heterocycles. The van der Waals surface area contributed by atoms with Gasteiger partial charge in [-0.3, -0.25) is 14.5 Å². The van der Waals surface area contributed by atoms with Crippen LogP contribution in [0.2, 0.25) is 5.02 Å². The number of nitrogens with zero attached hydrogens (tertiary/aromatic N) is 1. The van der Waals surface area contributed by atoms with Gasteiger partial charge in [-0.05, 0) is 61.0 Å². The number of carbonyl (C=O) groups is 2. The van der Waals surface area contributed by atoms with Crippen LogP contribution in [-0.4, -0.2) is 38.1 Å². The van der Waals surface area contributed by atoms with E-state index in [0.717, 1.165) is 5.56 Å². The predicted molar refractivity (Wildman–Crippen MR) is 134 cm³/mol. The van der Waals surface area contributed by atoms with Crippen LogP contribution in [0.3, 0.4) is 0 Å². The number of aryl methyl sites for hydroxylation is 1. The summed E-state index contributed by atoms with van der Waals surface area (Å²) in [6.07, 6.45) is 0. The quantitative estimate of drug-likeness (QED) is 0.285. The number of hydrogen-bond donors (Lipinski definition) is 1. The topological polar surface area (TPSA) is 85.3 Å². The highest BCUT2D eigenvalue weighted by Crippen LogP contribution is 2.47. The molecule has 1 heterocycles. The van der Waals surface area contributed by atoms with Crippen molar-refractivity contribution in [3.05, 3.63) is 87.9 Å². The average molecular weight is 494 g/mol. The Hall–Kier alpha value is -3.97. The summed E-state index contributed by atoms with van der Waals surface area (Å²) in [5.41, 5.74) is 2.29. The van der Waals surface area contributed by atoms with Gasteiger partial charge in [0.2, 0.25) is 5.75 Å². The second kappa shape index (κ2) is 9.72. The summed E-state index contributed by atoms with van der Waals surface area (Å²) >= 11 is 6.00. The Bertz CT molecular complexity index is 1290. The monoisotopic (exact) mass is 493 g/mol. The van der Waals surface area contributed by atoms with Crippen molar-refractivity contribution in [1.29, 1.82) is 0 Å². The SMILES string of the molecule is COc1cc(C2/C(=C(\O)c3ccc(Cl)cc3)C(=O)C(=O)N2c2ccc(C)cc2)cc(OC)c1OC. The van der Waals surface area contributed by atoms with Crippen LogP contribution in [-0.2, 0) is 9.59 Å². The predicted octanol–water partition coefficient (Wildman–Crippen LogP) is 5.30. The molecule has 0 saturated carbocycles. The van der Waals surface area contributed by atoms with Gasteiger partial charge in [0.15, 0.2) is 11.5 Å². The van der Waals surface area contributed by atoms with Gasteiger partial charge >= 0.3 is 0 Å². The minimum absolute atomic E-state index is 0.0628. The van der Waals surface area contributed by atoms with E-state index >= 15 is 0 Å². The van der Waals surface area contributed by atoms with E-state index in [1.165, 1.54) is 26.2 Å². The maximum absolute atomic E-state index is 13.3. The van der Waals surface area contributed by atoms with Crippen molar-refractivity contribution in [2.24, 2.45) is 0 Å². The zero-order valence-corrected chi connectivity index (χ0v) is 20.4. The van der Waals surface area contributed by atoms with Crippen LogP contribution >= 0.6 is 11.6 Å². The molecule has 1 saturated heterocycles. The van der Waals surface area contributed by atoms with E-state index < -0.39 is 17.7 Å². The molecule has 0 aromatic heterocycles. The van der Waals surface area contributed by atoms with Crippen LogP contribution in [0.4, 0.5) is 5.69 Å². The van der Waals surface area contributed by atoms with E-state index in [0.29, 0.717) is 39.1 Å². The van der Waals surface area contributed by atoms with Crippen LogP contribution in [0.15, 0.2) is 66.2 Å². The van der Waals surface area contributed by atoms with E-state index in [1.807, 2.05) is 19.1 Å². The number of hydrogen-bond acceptors (Lipinski definition) is 6. The van der Waals surface area contributed by atoms with Crippen molar-refractivity contribution in [2.45, 2.75) is 13.0 Å². The summed E-state index contributed by atoms with van der Waals surface area (Å²) in [7, 11) is 4.44. The van der Waals surface area contributed by atoms with E-state index in [9.17, 15) is 14.7 Å². The molecule has 1 unspecified atom stereocenters. The van der Waals surface area contributed by atoms with Crippen LogP contribution in [0.1, 0.15) is 22.7 Å². The van der Waals surface area contributed by atoms with Crippen molar-refractivity contribution in [2.75, 3.05) is 26.2 Å². The van der Waals surface area contributed by atoms with E-state index in [4.69, 9.17) is 25.8 Å². The molecule has 8 heteroatoms. The Kier molecular flexibility index (Phi) is 6.71. The standard InChI is InChI=1S/C27H24ClNO6/c1-15-5-11-19(12-6-15)29-23(17-13-20(33-2)26(35-4)21(14-17)34-3)22(25(31)27(29)32)24(30)16-7-9-18(28)10-8-16/h5-14,23,30H,1-4H3/b24-22+. The van der Waals surface area contributed by atoms with Crippen LogP contribution in [0, 0.1) is 6.92 Å². The van der Waals surface area contributed by atoms with Gasteiger partial charge in [-0.15, -0.1) is 0 Å². The zero-order chi connectivity index (χ0) is 25.3. The van der Waals surface area contributed by atoms with Crippen LogP contribution < -0.4 is 19.1 Å². The lowest BCUT2D eigenvalue weighted by Gasteiger charge is -2.26. The highest BCUT2D eigenvalue weighted by molar-refractivity contribution is 6.51. The van der Waals surface area contributed by atoms with E-state index in [1.54, 1.807) is 48.5 Å². The molecule has 0 aliphatic carbocycles. The summed E-state index contributed by atoms with van der Waals surface area (Å²) in [4.78, 5) is 28.0. The summed E-state index contributed by atoms with van der Waals surface area (Å²) in [6.45, 7) is 1.93. The van der Waals surface area contributed by atoms with Crippen molar-refractivity contribution < 1.29 is 28.9 Å². The summed E-state index contributed by atoms with van der Waals surface area (Å²) in [6, 6.07) is 15.9. The molecule has 1 N–H and O–H groups in total. The molecule has 35 heavy (non-hydrogen) atoms. The molecule has 3 aromatic rings. The third-order valence-corrected chi connectivity index (χ3v) is 6.13. The first-order valence-electron chi connectivity index (χ1n) is 10.7. The molecule has 4 rings (SSSR count). The Morgan fingerprint density at radius 1 is 0.886 bits per heavy atom. The van der Waals surface area contributed by atoms with E-state index in [-0.39, 0.29) is 11.3 Å². The number of amides is 1. The number of rotatable bonds is 6. The molecule has 7 nitrogen and oxygen atoms in total. The smallest absolute Gasteiger partial charge is 0.300 e. The maximum atomic E-state index is 13.3. The summed E-state index contributed by atoms with van der Waals surface area (Å²) < 4.78 is 16.4. The Morgan fingerprint density at radius 3 is 1.97 bits per heavy atom. The van der Waals surface area contributed by atoms with Gasteiger partial charge in [0.1, 0.15) is 5.76 Å². The van der Waals surface area contributed by atoms with Crippen molar-refractivity contribution in [3.8, 4) is 17.2 Å². The number of methoxy groups -OCH3 is 3. The molecule has 1 fully saturated rings. The number of halogens is 1. The normalized spacial score (nSPS) is 16.9. The molecule has 3 aromatic carbocycles. The van der Waals surface area contributed by atoms with Gasteiger partial charge in [-0.25, -0.2) is 0 Å². The molecular weight excluding hydrogens is 470 g/mol. The largest absolute Gasteiger partial charge is 0.507 e. The van der Waals surface area contributed by atoms with Gasteiger partial charge < -0.3 is 19.3 Å². The van der Waals surface area contributed by atoms with Gasteiger partial charge in [0.25, 0.3) is 11.7 Å². The highest BCUT2D eigenvalue weighted by atomic mass is 35.5. The fraction of sp³-hybridized carbons (Fsp3) is 0.185. The lowest BCUT2D eigenvalue weighted by molar-refractivity contribution is -0.132. The average Bonchev–Trinajstić information content (AvgIpc) is 3.13. The molecule has 1 aliphatic rings. The lowest BCUT2D eigenvalue weighted by atomic mass is 9.94. The van der Waals surface area contributed by atoms with Gasteiger partial charge in [0.05, 0.1) is 32.9 Å². The number of ether oxygens (including phenoxy) is 3. The second-order valence-electron chi connectivity index (χ2n) is 7.97. The second-order valence-corrected chi connectivity index (χ2v) is 8.41. The maximum Gasteiger partial charge on any atom is 0.300 e. The fourth-order valence-corrected chi connectivity index (χ4v) is 4.27. The molecule has 1 amide bonds. The summed E-state index contributed by atoms with van der Waals surface area (Å²) in [5.74, 6) is -0.817. The van der Waals surface area contributed by atoms with Gasteiger partial charge in [-0.2, -0.15) is 0 Å². The van der Waals surface area contributed by atoms with Crippen LogP contribution in [0.25, 0.3) is 5.76 Å². The number of aliphatic hydroxyl groups is 1. The first kappa shape index (κ1) is 24.2. The number of ketones is 1. The molecule has 0 bridgehead atoms. The number of aliphatic hydroxyl groups excluding tert-OH is 1. The Labute approximate surface area is 208 Å². The molecule has 1 atom stereocenters. The number of benzene rings is 3. The third-order valence-electron chi connectivity index (χ3n) is 5.88. The minimum atomic E-state index is -0.956. The van der Waals surface area contributed by atoms with Crippen molar-refractivity contribution in [1.82, 2.24) is 0 Å². The first-order chi connectivity index (χ1) is 16.8. The number of Topliss-reactive ketones (excluding diaryl/α,β-unsaturated/α-hetero) is 1. The van der Waals surface area contributed by atoms with Crippen molar-refractivity contribution >= 4 is 34.7 Å². The molecular formula is C27H24ClNO6. The minimum Gasteiger partial charge on any atom is -0.507 e. The molecule has 0 radical (unpaired) electrons. The Balaban J connectivity index is 2.00. The molecule has 0 spiro atoms. The van der Waals surface area contributed by atoms with E-state index in [2.05, 4.69) is 0 Å². The fourth-order valence-electron chi connectivity index (χ4n) is 4.14. The first-order valence-corrected chi connectivity index (χ1v) is 11.1. The number of carbonyl (C=O) groups excluding carboxylic acids is 2. The van der Waals surface area contributed by atoms with Crippen molar-refractivity contribution in [3.63, 3.8) is 0 Å². The number of anilines is 1. The van der Waals surface area contributed by atoms with Gasteiger partial charge in [0, 0.05) is 16.3 Å². The third kappa shape index (κ3) is 4.31. The Morgan fingerprint density at radius 2 is 1.46 bits per heavy atom. The lowest BCUT2D eigenvalue weighted by Crippen LogP contribution is -2.29. The van der Waals surface area contributed by atoms with Crippen LogP contribution in [0.5, 0.6) is 17.2 Å².